The van der Waals surface area contributed by atoms with Crippen LogP contribution in [0.15, 0.2) is 16.7 Å². The molecule has 1 N–H and O–H groups in total. The quantitative estimate of drug-likeness (QED) is 0.885. The van der Waals surface area contributed by atoms with Gasteiger partial charge in [0.05, 0.1) is 10.2 Å². The Morgan fingerprint density at radius 3 is 2.52 bits per heavy atom. The van der Waals surface area contributed by atoms with Crippen LogP contribution >= 0.6 is 15.9 Å². The highest BCUT2D eigenvalue weighted by Gasteiger charge is 2.17. The molecule has 0 bridgehead atoms. The van der Waals surface area contributed by atoms with Crippen LogP contribution < -0.4 is 5.32 Å². The maximum atomic E-state index is 4.71. The van der Waals surface area contributed by atoms with Crippen LogP contribution in [-0.2, 0) is 0 Å². The fourth-order valence-electron chi connectivity index (χ4n) is 2.19. The van der Waals surface area contributed by atoms with Crippen molar-refractivity contribution in [3.63, 3.8) is 0 Å². The first-order valence-electron chi connectivity index (χ1n) is 7.19. The second kappa shape index (κ2) is 6.52. The topological polar surface area (TPSA) is 50.7 Å². The van der Waals surface area contributed by atoms with Crippen LogP contribution in [0.25, 0.3) is 11.5 Å². The van der Waals surface area contributed by atoms with E-state index in [-0.39, 0.29) is 0 Å². The van der Waals surface area contributed by atoms with Crippen molar-refractivity contribution in [3.8, 4) is 11.5 Å². The zero-order valence-electron chi connectivity index (χ0n) is 13.2. The molecule has 2 aromatic heterocycles. The molecule has 2 aromatic rings. The summed E-state index contributed by atoms with van der Waals surface area (Å²) in [7, 11) is 0. The third kappa shape index (κ3) is 3.40. The Labute approximate surface area is 134 Å². The first-order valence-corrected chi connectivity index (χ1v) is 7.98. The summed E-state index contributed by atoms with van der Waals surface area (Å²) in [5.41, 5.74) is 4.07. The van der Waals surface area contributed by atoms with Gasteiger partial charge in [-0.15, -0.1) is 0 Å². The SMILES string of the molecule is CCNc1nc(-c2ncc(C)cc2C)nc(C(C)C)c1Br. The molecule has 0 saturated heterocycles. The number of halogens is 1. The maximum Gasteiger partial charge on any atom is 0.180 e. The van der Waals surface area contributed by atoms with Gasteiger partial charge in [0.25, 0.3) is 0 Å². The number of aromatic nitrogens is 3. The lowest BCUT2D eigenvalue weighted by molar-refractivity contribution is 0.808. The van der Waals surface area contributed by atoms with Crippen molar-refractivity contribution < 1.29 is 0 Å². The highest BCUT2D eigenvalue weighted by molar-refractivity contribution is 9.10. The molecule has 0 aliphatic rings. The molecule has 0 fully saturated rings. The van der Waals surface area contributed by atoms with E-state index in [1.54, 1.807) is 0 Å². The Hall–Kier alpha value is -1.49. The second-order valence-electron chi connectivity index (χ2n) is 5.46. The minimum absolute atomic E-state index is 0.310. The van der Waals surface area contributed by atoms with Crippen LogP contribution in [0.4, 0.5) is 5.82 Å². The molecule has 0 saturated carbocycles. The molecule has 0 aromatic carbocycles. The van der Waals surface area contributed by atoms with Crippen molar-refractivity contribution in [3.05, 3.63) is 33.6 Å². The minimum atomic E-state index is 0.310. The molecular weight excluding hydrogens is 328 g/mol. The summed E-state index contributed by atoms with van der Waals surface area (Å²) in [6.45, 7) is 11.2. The van der Waals surface area contributed by atoms with Gasteiger partial charge in [-0.2, -0.15) is 0 Å². The van der Waals surface area contributed by atoms with Crippen molar-refractivity contribution in [1.82, 2.24) is 15.0 Å². The average molecular weight is 349 g/mol. The van der Waals surface area contributed by atoms with Crippen molar-refractivity contribution in [2.75, 3.05) is 11.9 Å². The molecule has 0 amide bonds. The highest BCUT2D eigenvalue weighted by atomic mass is 79.9. The Morgan fingerprint density at radius 2 is 1.95 bits per heavy atom. The second-order valence-corrected chi connectivity index (χ2v) is 6.25. The Bertz CT molecular complexity index is 653. The zero-order chi connectivity index (χ0) is 15.6. The number of nitrogens with zero attached hydrogens (tertiary/aromatic N) is 3. The van der Waals surface area contributed by atoms with E-state index in [4.69, 9.17) is 4.98 Å². The van der Waals surface area contributed by atoms with Crippen LogP contribution in [0.5, 0.6) is 0 Å². The molecule has 0 aliphatic heterocycles. The van der Waals surface area contributed by atoms with E-state index in [0.29, 0.717) is 11.7 Å². The lowest BCUT2D eigenvalue weighted by Gasteiger charge is -2.15. The first kappa shape index (κ1) is 15.9. The van der Waals surface area contributed by atoms with Crippen LogP contribution in [0.1, 0.15) is 43.5 Å². The molecule has 0 unspecified atom stereocenters. The van der Waals surface area contributed by atoms with Crippen LogP contribution in [-0.4, -0.2) is 21.5 Å². The number of pyridine rings is 1. The van der Waals surface area contributed by atoms with Crippen molar-refractivity contribution in [1.29, 1.82) is 0 Å². The van der Waals surface area contributed by atoms with E-state index < -0.39 is 0 Å². The standard InChI is InChI=1S/C16H21BrN4/c1-6-18-15-12(17)13(9(2)3)20-16(21-15)14-11(5)7-10(4)8-19-14/h7-9H,6H2,1-5H3,(H,18,20,21). The van der Waals surface area contributed by atoms with E-state index in [1.165, 1.54) is 0 Å². The normalized spacial score (nSPS) is 11.0. The Morgan fingerprint density at radius 1 is 1.24 bits per heavy atom. The zero-order valence-corrected chi connectivity index (χ0v) is 14.7. The summed E-state index contributed by atoms with van der Waals surface area (Å²) >= 11 is 3.61. The van der Waals surface area contributed by atoms with Crippen molar-refractivity contribution >= 4 is 21.7 Å². The molecule has 4 nitrogen and oxygen atoms in total. The predicted molar refractivity (Wildman–Crippen MR) is 90.7 cm³/mol. The molecule has 0 aliphatic carbocycles. The number of nitrogens with one attached hydrogen (secondary N) is 1. The third-order valence-electron chi connectivity index (χ3n) is 3.19. The Kier molecular flexibility index (Phi) is 4.93. The van der Waals surface area contributed by atoms with E-state index >= 15 is 0 Å². The van der Waals surface area contributed by atoms with E-state index in [1.807, 2.05) is 20.0 Å². The summed E-state index contributed by atoms with van der Waals surface area (Å²) in [6.07, 6.45) is 1.86. The molecule has 0 radical (unpaired) electrons. The summed E-state index contributed by atoms with van der Waals surface area (Å²) in [6, 6.07) is 2.11. The maximum absolute atomic E-state index is 4.71. The number of rotatable bonds is 4. The number of anilines is 1. The minimum Gasteiger partial charge on any atom is -0.369 e. The fraction of sp³-hybridized carbons (Fsp3) is 0.438. The molecule has 2 rings (SSSR count). The number of hydrogen-bond acceptors (Lipinski definition) is 4. The summed E-state index contributed by atoms with van der Waals surface area (Å²) in [5.74, 6) is 1.81. The summed E-state index contributed by atoms with van der Waals surface area (Å²) < 4.78 is 0.938. The summed E-state index contributed by atoms with van der Waals surface area (Å²) in [5, 5.41) is 3.29. The van der Waals surface area contributed by atoms with Gasteiger partial charge in [-0.1, -0.05) is 19.9 Å². The molecule has 112 valence electrons. The van der Waals surface area contributed by atoms with Gasteiger partial charge >= 0.3 is 0 Å². The van der Waals surface area contributed by atoms with Crippen molar-refractivity contribution in [2.24, 2.45) is 0 Å². The first-order chi connectivity index (χ1) is 9.93. The van der Waals surface area contributed by atoms with Crippen LogP contribution in [0.2, 0.25) is 0 Å². The summed E-state index contributed by atoms with van der Waals surface area (Å²) in [4.78, 5) is 13.9. The molecule has 5 heteroatoms. The average Bonchev–Trinajstić information content (AvgIpc) is 2.41. The van der Waals surface area contributed by atoms with Gasteiger partial charge in [0.1, 0.15) is 11.5 Å². The van der Waals surface area contributed by atoms with Crippen LogP contribution in [0.3, 0.4) is 0 Å². The van der Waals surface area contributed by atoms with Gasteiger partial charge in [0.2, 0.25) is 0 Å². The van der Waals surface area contributed by atoms with Gasteiger partial charge in [-0.3, -0.25) is 4.98 Å². The van der Waals surface area contributed by atoms with Crippen molar-refractivity contribution in [2.45, 2.75) is 40.5 Å². The lowest BCUT2D eigenvalue weighted by Crippen LogP contribution is -2.08. The van der Waals surface area contributed by atoms with Crippen LogP contribution in [0, 0.1) is 13.8 Å². The van der Waals surface area contributed by atoms with Gasteiger partial charge in [-0.25, -0.2) is 9.97 Å². The highest BCUT2D eigenvalue weighted by Crippen LogP contribution is 2.31. The van der Waals surface area contributed by atoms with Gasteiger partial charge in [0, 0.05) is 12.7 Å². The monoisotopic (exact) mass is 348 g/mol. The lowest BCUT2D eigenvalue weighted by atomic mass is 10.1. The van der Waals surface area contributed by atoms with E-state index in [0.717, 1.165) is 39.4 Å². The fourth-order valence-corrected chi connectivity index (χ4v) is 2.96. The molecular formula is C16H21BrN4. The Balaban J connectivity index is 2.62. The number of aryl methyl sites for hydroxylation is 2. The van der Waals surface area contributed by atoms with Gasteiger partial charge in [0.15, 0.2) is 5.82 Å². The van der Waals surface area contributed by atoms with Gasteiger partial charge < -0.3 is 5.32 Å². The van der Waals surface area contributed by atoms with E-state index in [2.05, 4.69) is 58.1 Å². The molecule has 2 heterocycles. The smallest absolute Gasteiger partial charge is 0.180 e. The largest absolute Gasteiger partial charge is 0.369 e. The molecule has 21 heavy (non-hydrogen) atoms. The predicted octanol–water partition coefficient (Wildman–Crippen LogP) is 4.47. The van der Waals surface area contributed by atoms with E-state index in [9.17, 15) is 0 Å². The van der Waals surface area contributed by atoms with Gasteiger partial charge in [-0.05, 0) is 53.7 Å². The molecule has 0 spiro atoms. The third-order valence-corrected chi connectivity index (χ3v) is 3.98. The molecule has 0 atom stereocenters. The number of hydrogen-bond donors (Lipinski definition) is 1.